The van der Waals surface area contributed by atoms with Crippen molar-refractivity contribution >= 4 is 61.8 Å². The maximum Gasteiger partial charge on any atom is 0.339 e. The number of ketones is 1. The summed E-state index contributed by atoms with van der Waals surface area (Å²) in [5, 5.41) is 11.9. The van der Waals surface area contributed by atoms with E-state index in [1.165, 1.54) is 23.1 Å². The molecule has 2 amide bonds. The molecule has 6 rings (SSSR count). The zero-order valence-corrected chi connectivity index (χ0v) is 27.4. The first-order valence-electron chi connectivity index (χ1n) is 15.2. The maximum absolute atomic E-state index is 13.6. The Hall–Kier alpha value is -5.03. The fourth-order valence-corrected chi connectivity index (χ4v) is 6.91. The van der Waals surface area contributed by atoms with Gasteiger partial charge in [-0.1, -0.05) is 66.2 Å². The van der Waals surface area contributed by atoms with Crippen molar-refractivity contribution in [1.29, 1.82) is 0 Å². The van der Waals surface area contributed by atoms with Gasteiger partial charge in [-0.05, 0) is 61.6 Å². The zero-order valence-electron chi connectivity index (χ0n) is 25.9. The quantitative estimate of drug-likeness (QED) is 0.0472. The molecule has 11 heteroatoms. The molecule has 3 atom stereocenters. The van der Waals surface area contributed by atoms with Crippen molar-refractivity contribution in [1.82, 2.24) is 4.98 Å². The number of carbonyl (C=O) groups excluding carboxylic acids is 4. The number of esters is 1. The van der Waals surface area contributed by atoms with Gasteiger partial charge >= 0.3 is 5.97 Å². The standard InChI is InChI=1S/C36H30BrN3O7/c1-4-21-14-24(37)16-27-28(36(44)47-18-31(41)23-9-8-19(2)30(15-23)40(45)46)17-29(38-33(21)27)22-10-12-25(13-11-22)39-34(42)26-7-5-6-20(3)32(26)35(39)43/h5-6,8-17,20,26,32H,4,7,18H2,1-3H3. The average Bonchev–Trinajstić information content (AvgIpc) is 3.32. The number of allylic oxidation sites excluding steroid dienone is 2. The SMILES string of the molecule is CCc1cc(Br)cc2c(C(=O)OCC(=O)c3ccc(C)c([N+](=O)[O-])c3)cc(-c3ccc(N4C(=O)C5CC=CC(C)C5C4=O)cc3)nc12. The first-order chi connectivity index (χ1) is 22.5. The minimum absolute atomic E-state index is 0.0204. The normalized spacial score (nSPS) is 18.8. The Morgan fingerprint density at radius 1 is 1.06 bits per heavy atom. The fraction of sp³-hybridized carbons (Fsp3) is 0.250. The molecule has 47 heavy (non-hydrogen) atoms. The molecular weight excluding hydrogens is 666 g/mol. The Balaban J connectivity index is 1.31. The van der Waals surface area contributed by atoms with E-state index in [2.05, 4.69) is 15.9 Å². The van der Waals surface area contributed by atoms with Crippen LogP contribution in [0.2, 0.25) is 0 Å². The molecule has 1 aliphatic heterocycles. The van der Waals surface area contributed by atoms with Crippen molar-refractivity contribution in [3.05, 3.63) is 110 Å². The second-order valence-corrected chi connectivity index (χ2v) is 12.8. The topological polar surface area (TPSA) is 137 Å². The summed E-state index contributed by atoms with van der Waals surface area (Å²) in [5.41, 5.74) is 3.49. The highest BCUT2D eigenvalue weighted by atomic mass is 79.9. The number of halogens is 1. The lowest BCUT2D eigenvalue weighted by Gasteiger charge is -2.22. The monoisotopic (exact) mass is 695 g/mol. The lowest BCUT2D eigenvalue weighted by atomic mass is 9.78. The molecule has 0 spiro atoms. The van der Waals surface area contributed by atoms with Crippen LogP contribution in [0.1, 0.15) is 52.1 Å². The molecule has 1 saturated heterocycles. The molecular formula is C36H30BrN3O7. The molecule has 4 aromatic rings. The second kappa shape index (κ2) is 12.6. The van der Waals surface area contributed by atoms with Gasteiger partial charge < -0.3 is 4.74 Å². The molecule has 0 radical (unpaired) electrons. The van der Waals surface area contributed by atoms with Crippen LogP contribution in [-0.4, -0.2) is 40.1 Å². The van der Waals surface area contributed by atoms with Crippen LogP contribution in [0.25, 0.3) is 22.2 Å². The van der Waals surface area contributed by atoms with Gasteiger partial charge in [0.25, 0.3) is 5.69 Å². The summed E-state index contributed by atoms with van der Waals surface area (Å²) in [5.74, 6) is -2.50. The number of Topliss-reactive ketones (excluding diaryl/α,β-unsaturated/α-hetero) is 1. The van der Waals surface area contributed by atoms with Crippen molar-refractivity contribution in [3.8, 4) is 11.3 Å². The number of imide groups is 1. The lowest BCUT2D eigenvalue weighted by molar-refractivity contribution is -0.385. The molecule has 0 bridgehead atoms. The number of nitro groups is 1. The molecule has 2 aliphatic rings. The van der Waals surface area contributed by atoms with Crippen LogP contribution in [0.5, 0.6) is 0 Å². The number of nitrogens with zero attached hydrogens (tertiary/aromatic N) is 3. The average molecular weight is 697 g/mol. The number of amides is 2. The van der Waals surface area contributed by atoms with Crippen LogP contribution >= 0.6 is 15.9 Å². The molecule has 3 aromatic carbocycles. The Morgan fingerprint density at radius 2 is 1.81 bits per heavy atom. The van der Waals surface area contributed by atoms with E-state index in [9.17, 15) is 29.3 Å². The molecule has 1 aromatic heterocycles. The summed E-state index contributed by atoms with van der Waals surface area (Å²) < 4.78 is 6.20. The molecule has 10 nitrogen and oxygen atoms in total. The predicted octanol–water partition coefficient (Wildman–Crippen LogP) is 7.18. The van der Waals surface area contributed by atoms with Gasteiger partial charge in [0.05, 0.1) is 39.2 Å². The number of aryl methyl sites for hydroxylation is 2. The molecule has 2 heterocycles. The lowest BCUT2D eigenvalue weighted by Crippen LogP contribution is -2.31. The highest BCUT2D eigenvalue weighted by Crippen LogP contribution is 2.41. The van der Waals surface area contributed by atoms with E-state index in [1.54, 1.807) is 43.3 Å². The molecule has 1 aliphatic carbocycles. The van der Waals surface area contributed by atoms with E-state index in [0.717, 1.165) is 10.0 Å². The predicted molar refractivity (Wildman–Crippen MR) is 179 cm³/mol. The number of aromatic nitrogens is 1. The summed E-state index contributed by atoms with van der Waals surface area (Å²) >= 11 is 3.51. The first kappa shape index (κ1) is 31.9. The number of hydrogen-bond donors (Lipinski definition) is 0. The third-order valence-electron chi connectivity index (χ3n) is 8.91. The largest absolute Gasteiger partial charge is 0.454 e. The van der Waals surface area contributed by atoms with Gasteiger partial charge in [0.15, 0.2) is 6.61 Å². The van der Waals surface area contributed by atoms with Gasteiger partial charge in [0.2, 0.25) is 17.6 Å². The molecule has 0 saturated carbocycles. The summed E-state index contributed by atoms with van der Waals surface area (Å²) in [4.78, 5) is 69.9. The van der Waals surface area contributed by atoms with E-state index in [4.69, 9.17) is 9.72 Å². The van der Waals surface area contributed by atoms with Crippen LogP contribution in [0.15, 0.2) is 77.3 Å². The Bertz CT molecular complexity index is 2020. The number of fused-ring (bicyclic) bond motifs is 2. The third kappa shape index (κ3) is 5.87. The van der Waals surface area contributed by atoms with E-state index in [1.807, 2.05) is 32.1 Å². The number of pyridine rings is 1. The van der Waals surface area contributed by atoms with Gasteiger partial charge in [0.1, 0.15) is 0 Å². The van der Waals surface area contributed by atoms with Crippen LogP contribution in [0, 0.1) is 34.8 Å². The fourth-order valence-electron chi connectivity index (χ4n) is 6.40. The second-order valence-electron chi connectivity index (χ2n) is 11.8. The van der Waals surface area contributed by atoms with E-state index in [0.29, 0.717) is 46.3 Å². The van der Waals surface area contributed by atoms with Crippen LogP contribution in [0.4, 0.5) is 11.4 Å². The smallest absolute Gasteiger partial charge is 0.339 e. The van der Waals surface area contributed by atoms with Crippen molar-refractivity contribution in [3.63, 3.8) is 0 Å². The van der Waals surface area contributed by atoms with E-state index >= 15 is 0 Å². The zero-order chi connectivity index (χ0) is 33.6. The summed E-state index contributed by atoms with van der Waals surface area (Å²) in [7, 11) is 0. The van der Waals surface area contributed by atoms with Crippen LogP contribution in [0.3, 0.4) is 0 Å². The number of nitro benzene ring substituents is 1. The van der Waals surface area contributed by atoms with Gasteiger partial charge in [0, 0.05) is 32.6 Å². The van der Waals surface area contributed by atoms with Crippen molar-refractivity contribution in [2.45, 2.75) is 33.6 Å². The Labute approximate surface area is 278 Å². The summed E-state index contributed by atoms with van der Waals surface area (Å²) in [6, 6.07) is 16.3. The number of rotatable bonds is 8. The van der Waals surface area contributed by atoms with Crippen molar-refractivity contribution in [2.24, 2.45) is 17.8 Å². The number of hydrogen-bond acceptors (Lipinski definition) is 8. The van der Waals surface area contributed by atoms with E-state index in [-0.39, 0.29) is 46.4 Å². The number of carbonyl (C=O) groups is 4. The third-order valence-corrected chi connectivity index (χ3v) is 9.37. The Kier molecular flexibility index (Phi) is 8.59. The molecule has 3 unspecified atom stereocenters. The number of ether oxygens (including phenoxy) is 1. The highest BCUT2D eigenvalue weighted by molar-refractivity contribution is 9.10. The Morgan fingerprint density at radius 3 is 2.49 bits per heavy atom. The molecule has 1 fully saturated rings. The van der Waals surface area contributed by atoms with Gasteiger partial charge in [-0.3, -0.25) is 29.4 Å². The maximum atomic E-state index is 13.6. The van der Waals surface area contributed by atoms with Gasteiger partial charge in [-0.2, -0.15) is 0 Å². The molecule has 0 N–H and O–H groups in total. The van der Waals surface area contributed by atoms with Crippen molar-refractivity contribution < 1.29 is 28.8 Å². The minimum Gasteiger partial charge on any atom is -0.454 e. The van der Waals surface area contributed by atoms with E-state index < -0.39 is 23.3 Å². The highest BCUT2D eigenvalue weighted by Gasteiger charge is 2.50. The van der Waals surface area contributed by atoms with Gasteiger partial charge in [-0.15, -0.1) is 0 Å². The summed E-state index contributed by atoms with van der Waals surface area (Å²) in [6.07, 6.45) is 5.12. The van der Waals surface area contributed by atoms with Crippen LogP contribution in [-0.2, 0) is 20.7 Å². The number of benzene rings is 3. The first-order valence-corrected chi connectivity index (χ1v) is 16.0. The van der Waals surface area contributed by atoms with Gasteiger partial charge in [-0.25, -0.2) is 9.78 Å². The summed E-state index contributed by atoms with van der Waals surface area (Å²) in [6.45, 7) is 4.88. The number of anilines is 1. The van der Waals surface area contributed by atoms with Crippen LogP contribution < -0.4 is 4.90 Å². The molecule has 238 valence electrons. The van der Waals surface area contributed by atoms with Crippen molar-refractivity contribution in [2.75, 3.05) is 11.5 Å². The minimum atomic E-state index is -0.760.